The van der Waals surface area contributed by atoms with Gasteiger partial charge in [-0.1, -0.05) is 31.2 Å². The summed E-state index contributed by atoms with van der Waals surface area (Å²) in [6, 6.07) is 13.5. The van der Waals surface area contributed by atoms with E-state index in [2.05, 4.69) is 17.1 Å². The van der Waals surface area contributed by atoms with E-state index in [0.717, 1.165) is 34.9 Å². The molecule has 1 aliphatic heterocycles. The van der Waals surface area contributed by atoms with E-state index in [1.807, 2.05) is 63.2 Å². The van der Waals surface area contributed by atoms with Crippen molar-refractivity contribution in [1.82, 2.24) is 4.90 Å². The Morgan fingerprint density at radius 2 is 1.96 bits per heavy atom. The number of ether oxygens (including phenoxy) is 2. The first-order chi connectivity index (χ1) is 13.0. The molecule has 1 N–H and O–H groups in total. The molecule has 5 nitrogen and oxygen atoms in total. The van der Waals surface area contributed by atoms with Crippen LogP contribution in [0.25, 0.3) is 0 Å². The molecule has 2 aromatic carbocycles. The third-order valence-corrected chi connectivity index (χ3v) is 4.99. The second-order valence-corrected chi connectivity index (χ2v) is 7.07. The zero-order valence-corrected chi connectivity index (χ0v) is 16.5. The minimum atomic E-state index is -0.268. The summed E-state index contributed by atoms with van der Waals surface area (Å²) in [6.45, 7) is 9.88. The smallest absolute Gasteiger partial charge is 0.241 e. The fraction of sp³-hybridized carbons (Fsp3) is 0.409. The molecule has 1 heterocycles. The third kappa shape index (κ3) is 4.61. The van der Waals surface area contributed by atoms with Crippen molar-refractivity contribution < 1.29 is 14.3 Å². The van der Waals surface area contributed by atoms with Crippen LogP contribution in [0.2, 0.25) is 0 Å². The highest BCUT2D eigenvalue weighted by Gasteiger charge is 2.27. The van der Waals surface area contributed by atoms with E-state index >= 15 is 0 Å². The fourth-order valence-electron chi connectivity index (χ4n) is 3.25. The molecule has 0 saturated carbocycles. The molecule has 0 spiro atoms. The van der Waals surface area contributed by atoms with E-state index in [1.165, 1.54) is 0 Å². The summed E-state index contributed by atoms with van der Waals surface area (Å²) in [5.74, 6) is 1.53. The Morgan fingerprint density at radius 1 is 1.22 bits per heavy atom. The number of aryl methyl sites for hydroxylation is 2. The summed E-state index contributed by atoms with van der Waals surface area (Å²) in [5, 5.41) is 3.07. The summed E-state index contributed by atoms with van der Waals surface area (Å²) < 4.78 is 11.8. The Hall–Kier alpha value is -2.53. The highest BCUT2D eigenvalue weighted by atomic mass is 16.6. The molecule has 27 heavy (non-hydrogen) atoms. The van der Waals surface area contributed by atoms with Gasteiger partial charge in [0.25, 0.3) is 0 Å². The van der Waals surface area contributed by atoms with Crippen LogP contribution in [0.5, 0.6) is 11.5 Å². The molecular weight excluding hydrogens is 340 g/mol. The van der Waals surface area contributed by atoms with Crippen molar-refractivity contribution >= 4 is 11.6 Å². The Labute approximate surface area is 161 Å². The molecule has 0 fully saturated rings. The standard InChI is InChI=1S/C22H28N2O3/c1-5-24(13-18-14-26-20-8-6-7-9-21(20)27-18)17(4)22(25)23-19-12-15(2)10-11-16(19)3/h6-12,17-18H,5,13-14H2,1-4H3,(H,23,25)/t17-,18-/m0/s1. The molecule has 1 amide bonds. The van der Waals surface area contributed by atoms with Crippen LogP contribution in [0.4, 0.5) is 5.69 Å². The van der Waals surface area contributed by atoms with Gasteiger partial charge in [-0.05, 0) is 56.6 Å². The first-order valence-corrected chi connectivity index (χ1v) is 9.48. The fourth-order valence-corrected chi connectivity index (χ4v) is 3.25. The number of nitrogens with zero attached hydrogens (tertiary/aromatic N) is 1. The van der Waals surface area contributed by atoms with E-state index in [1.54, 1.807) is 0 Å². The molecule has 5 heteroatoms. The number of benzene rings is 2. The Balaban J connectivity index is 1.63. The second kappa shape index (κ2) is 8.44. The van der Waals surface area contributed by atoms with Gasteiger partial charge in [-0.3, -0.25) is 9.69 Å². The van der Waals surface area contributed by atoms with Gasteiger partial charge in [-0.25, -0.2) is 0 Å². The molecular formula is C22H28N2O3. The lowest BCUT2D eigenvalue weighted by Crippen LogP contribution is -2.48. The number of hydrogen-bond donors (Lipinski definition) is 1. The predicted octanol–water partition coefficient (Wildman–Crippen LogP) is 3.79. The lowest BCUT2D eigenvalue weighted by Gasteiger charge is -2.33. The molecule has 0 radical (unpaired) electrons. The number of hydrogen-bond acceptors (Lipinski definition) is 4. The van der Waals surface area contributed by atoms with Crippen LogP contribution < -0.4 is 14.8 Å². The van der Waals surface area contributed by atoms with E-state index < -0.39 is 0 Å². The van der Waals surface area contributed by atoms with Crippen LogP contribution >= 0.6 is 0 Å². The number of amides is 1. The normalized spacial score (nSPS) is 16.9. The molecule has 0 unspecified atom stereocenters. The maximum Gasteiger partial charge on any atom is 0.241 e. The Morgan fingerprint density at radius 3 is 2.70 bits per heavy atom. The minimum Gasteiger partial charge on any atom is -0.486 e. The molecule has 2 aromatic rings. The average Bonchev–Trinajstić information content (AvgIpc) is 2.68. The molecule has 0 bridgehead atoms. The van der Waals surface area contributed by atoms with Gasteiger partial charge < -0.3 is 14.8 Å². The quantitative estimate of drug-likeness (QED) is 0.843. The van der Waals surface area contributed by atoms with Gasteiger partial charge >= 0.3 is 0 Å². The number of anilines is 1. The summed E-state index contributed by atoms with van der Waals surface area (Å²) in [7, 11) is 0. The van der Waals surface area contributed by atoms with E-state index in [9.17, 15) is 4.79 Å². The van der Waals surface area contributed by atoms with Gasteiger partial charge in [0.05, 0.1) is 6.04 Å². The molecule has 1 aliphatic rings. The van der Waals surface area contributed by atoms with Gasteiger partial charge in [0.15, 0.2) is 11.5 Å². The molecule has 0 aliphatic carbocycles. The van der Waals surface area contributed by atoms with Crippen molar-refractivity contribution in [2.24, 2.45) is 0 Å². The zero-order valence-electron chi connectivity index (χ0n) is 16.5. The largest absolute Gasteiger partial charge is 0.486 e. The van der Waals surface area contributed by atoms with Crippen molar-refractivity contribution in [3.8, 4) is 11.5 Å². The lowest BCUT2D eigenvalue weighted by atomic mass is 10.1. The van der Waals surface area contributed by atoms with E-state index in [0.29, 0.717) is 13.2 Å². The van der Waals surface area contributed by atoms with Gasteiger partial charge in [0.1, 0.15) is 12.7 Å². The molecule has 3 rings (SSSR count). The number of carbonyl (C=O) groups is 1. The van der Waals surface area contributed by atoms with Gasteiger partial charge in [-0.2, -0.15) is 0 Å². The number of fused-ring (bicyclic) bond motifs is 1. The number of rotatable bonds is 6. The minimum absolute atomic E-state index is 0.0114. The molecule has 2 atom stereocenters. The molecule has 0 aromatic heterocycles. The van der Waals surface area contributed by atoms with Gasteiger partial charge in [0.2, 0.25) is 5.91 Å². The van der Waals surface area contributed by atoms with Crippen LogP contribution in [0, 0.1) is 13.8 Å². The van der Waals surface area contributed by atoms with Crippen LogP contribution in [0.1, 0.15) is 25.0 Å². The average molecular weight is 368 g/mol. The Bertz CT molecular complexity index is 806. The summed E-state index contributed by atoms with van der Waals surface area (Å²) in [5.41, 5.74) is 3.06. The highest BCUT2D eigenvalue weighted by Crippen LogP contribution is 2.31. The summed E-state index contributed by atoms with van der Waals surface area (Å²) >= 11 is 0. The van der Waals surface area contributed by atoms with Crippen LogP contribution in [0.15, 0.2) is 42.5 Å². The van der Waals surface area contributed by atoms with Crippen LogP contribution in [0.3, 0.4) is 0 Å². The maximum absolute atomic E-state index is 12.8. The number of carbonyl (C=O) groups excluding carboxylic acids is 1. The lowest BCUT2D eigenvalue weighted by molar-refractivity contribution is -0.121. The van der Waals surface area contributed by atoms with Crippen molar-refractivity contribution in [3.63, 3.8) is 0 Å². The van der Waals surface area contributed by atoms with Crippen molar-refractivity contribution in [2.75, 3.05) is 25.0 Å². The van der Waals surface area contributed by atoms with Gasteiger partial charge in [0, 0.05) is 12.2 Å². The van der Waals surface area contributed by atoms with Gasteiger partial charge in [-0.15, -0.1) is 0 Å². The highest BCUT2D eigenvalue weighted by molar-refractivity contribution is 5.95. The first-order valence-electron chi connectivity index (χ1n) is 9.48. The molecule has 0 saturated heterocycles. The number of nitrogens with one attached hydrogen (secondary N) is 1. The monoisotopic (exact) mass is 368 g/mol. The Kier molecular flexibility index (Phi) is 6.01. The van der Waals surface area contributed by atoms with E-state index in [4.69, 9.17) is 9.47 Å². The number of para-hydroxylation sites is 2. The van der Waals surface area contributed by atoms with Crippen molar-refractivity contribution in [3.05, 3.63) is 53.6 Å². The summed E-state index contributed by atoms with van der Waals surface area (Å²) in [6.07, 6.45) is -0.101. The maximum atomic E-state index is 12.8. The molecule has 144 valence electrons. The zero-order chi connectivity index (χ0) is 19.4. The van der Waals surface area contributed by atoms with Crippen molar-refractivity contribution in [2.45, 2.75) is 39.8 Å². The van der Waals surface area contributed by atoms with Crippen LogP contribution in [-0.2, 0) is 4.79 Å². The van der Waals surface area contributed by atoms with Crippen LogP contribution in [-0.4, -0.2) is 42.6 Å². The number of likely N-dealkylation sites (N-methyl/N-ethyl adjacent to an activating group) is 1. The SMILES string of the molecule is CCN(C[C@H]1COc2ccccc2O1)[C@@H](C)C(=O)Nc1cc(C)ccc1C. The topological polar surface area (TPSA) is 50.8 Å². The predicted molar refractivity (Wildman–Crippen MR) is 108 cm³/mol. The first kappa shape index (κ1) is 19.2. The van der Waals surface area contributed by atoms with E-state index in [-0.39, 0.29) is 18.1 Å². The third-order valence-electron chi connectivity index (χ3n) is 4.99. The van der Waals surface area contributed by atoms with Crippen molar-refractivity contribution in [1.29, 1.82) is 0 Å². The second-order valence-electron chi connectivity index (χ2n) is 7.07. The summed E-state index contributed by atoms with van der Waals surface area (Å²) in [4.78, 5) is 14.9.